The average molecular weight is 218 g/mol. The van der Waals surface area contributed by atoms with E-state index in [2.05, 4.69) is 41.8 Å². The van der Waals surface area contributed by atoms with Crippen molar-refractivity contribution < 1.29 is 4.79 Å². The molecule has 2 rings (SSSR count). The van der Waals surface area contributed by atoms with Gasteiger partial charge in [0.25, 0.3) is 0 Å². The number of hydrogen-bond donors (Lipinski definition) is 2. The molecule has 0 aliphatic carbocycles. The first-order chi connectivity index (χ1) is 7.75. The average Bonchev–Trinajstić information content (AvgIpc) is 2.15. The molecule has 2 N–H and O–H groups in total. The molecule has 1 saturated heterocycles. The minimum absolute atomic E-state index is 0.186. The van der Waals surface area contributed by atoms with Gasteiger partial charge >= 0.3 is 0 Å². The summed E-state index contributed by atoms with van der Waals surface area (Å²) in [5.41, 5.74) is 2.55. The van der Waals surface area contributed by atoms with Crippen molar-refractivity contribution in [2.45, 2.75) is 13.3 Å². The maximum atomic E-state index is 11.5. The van der Waals surface area contributed by atoms with Crippen LogP contribution in [0.15, 0.2) is 24.3 Å². The Morgan fingerprint density at radius 2 is 2.31 bits per heavy atom. The molecule has 86 valence electrons. The first-order valence-corrected chi connectivity index (χ1v) is 5.79. The van der Waals surface area contributed by atoms with Crippen LogP contribution in [-0.2, 0) is 11.2 Å². The lowest BCUT2D eigenvalue weighted by Gasteiger charge is -2.25. The normalized spacial score (nSPS) is 15.6. The van der Waals surface area contributed by atoms with Crippen molar-refractivity contribution in [3.63, 3.8) is 0 Å². The van der Waals surface area contributed by atoms with Gasteiger partial charge in [-0.25, -0.2) is 0 Å². The van der Waals surface area contributed by atoms with Crippen LogP contribution in [0.5, 0.6) is 0 Å². The van der Waals surface area contributed by atoms with E-state index < -0.39 is 0 Å². The fraction of sp³-hybridized carbons (Fsp3) is 0.462. The van der Waals surface area contributed by atoms with Crippen molar-refractivity contribution in [1.29, 1.82) is 0 Å². The van der Waals surface area contributed by atoms with Crippen LogP contribution in [0.2, 0.25) is 0 Å². The van der Waals surface area contributed by atoms with E-state index in [1.807, 2.05) is 0 Å². The molecule has 1 heterocycles. The first-order valence-electron chi connectivity index (χ1n) is 5.79. The zero-order chi connectivity index (χ0) is 11.4. The second-order valence-corrected chi connectivity index (χ2v) is 4.39. The highest BCUT2D eigenvalue weighted by atomic mass is 16.2. The molecule has 16 heavy (non-hydrogen) atoms. The molecule has 0 spiro atoms. The van der Waals surface area contributed by atoms with Crippen LogP contribution in [0.4, 0.5) is 0 Å². The summed E-state index contributed by atoms with van der Waals surface area (Å²) in [6.45, 7) is 4.48. The summed E-state index contributed by atoms with van der Waals surface area (Å²) in [6.07, 6.45) is 0.910. The Kier molecular flexibility index (Phi) is 3.57. The highest BCUT2D eigenvalue weighted by Crippen LogP contribution is 2.05. The van der Waals surface area contributed by atoms with Gasteiger partial charge in [0.05, 0.1) is 5.92 Å². The minimum atomic E-state index is 0.186. The lowest BCUT2D eigenvalue weighted by molar-refractivity contribution is -0.126. The summed E-state index contributed by atoms with van der Waals surface area (Å²) < 4.78 is 0. The molecule has 1 aromatic rings. The van der Waals surface area contributed by atoms with Crippen LogP contribution in [-0.4, -0.2) is 25.5 Å². The summed E-state index contributed by atoms with van der Waals surface area (Å²) >= 11 is 0. The third-order valence-corrected chi connectivity index (χ3v) is 2.95. The topological polar surface area (TPSA) is 41.1 Å². The molecule has 1 aliphatic heterocycles. The van der Waals surface area contributed by atoms with Gasteiger partial charge in [-0.05, 0) is 18.9 Å². The number of aryl methyl sites for hydroxylation is 1. The summed E-state index contributed by atoms with van der Waals surface area (Å²) in [4.78, 5) is 11.5. The third kappa shape index (κ3) is 2.83. The quantitative estimate of drug-likeness (QED) is 0.787. The zero-order valence-electron chi connectivity index (χ0n) is 9.62. The van der Waals surface area contributed by atoms with Gasteiger partial charge in [-0.15, -0.1) is 0 Å². The predicted molar refractivity (Wildman–Crippen MR) is 64.3 cm³/mol. The fourth-order valence-corrected chi connectivity index (χ4v) is 1.82. The van der Waals surface area contributed by atoms with E-state index in [1.54, 1.807) is 0 Å². The number of amides is 1. The lowest BCUT2D eigenvalue weighted by Crippen LogP contribution is -2.51. The van der Waals surface area contributed by atoms with Gasteiger partial charge in [0.1, 0.15) is 0 Å². The molecule has 0 bridgehead atoms. The largest absolute Gasteiger partial charge is 0.355 e. The molecule has 1 aliphatic rings. The van der Waals surface area contributed by atoms with E-state index in [4.69, 9.17) is 0 Å². The molecule has 3 nitrogen and oxygen atoms in total. The minimum Gasteiger partial charge on any atom is -0.355 e. The molecule has 0 unspecified atom stereocenters. The monoisotopic (exact) mass is 218 g/mol. The predicted octanol–water partition coefficient (Wildman–Crippen LogP) is 0.873. The number of carbonyl (C=O) groups is 1. The second kappa shape index (κ2) is 5.12. The van der Waals surface area contributed by atoms with Gasteiger partial charge in [-0.2, -0.15) is 0 Å². The van der Waals surface area contributed by atoms with Gasteiger partial charge < -0.3 is 10.6 Å². The Labute approximate surface area is 96.2 Å². The standard InChI is InChI=1S/C13H18N2O/c1-10-3-2-4-11(7-10)5-6-15-13(16)12-8-14-9-12/h2-4,7,12,14H,5-6,8-9H2,1H3,(H,15,16). The maximum absolute atomic E-state index is 11.5. The molecule has 0 aromatic heterocycles. The summed E-state index contributed by atoms with van der Waals surface area (Å²) in [5.74, 6) is 0.379. The van der Waals surface area contributed by atoms with Crippen LogP contribution in [0.1, 0.15) is 11.1 Å². The molecule has 0 radical (unpaired) electrons. The summed E-state index contributed by atoms with van der Waals surface area (Å²) in [7, 11) is 0. The Bertz CT molecular complexity index is 372. The zero-order valence-corrected chi connectivity index (χ0v) is 9.62. The van der Waals surface area contributed by atoms with Crippen LogP contribution in [0, 0.1) is 12.8 Å². The molecule has 0 atom stereocenters. The van der Waals surface area contributed by atoms with Crippen molar-refractivity contribution in [1.82, 2.24) is 10.6 Å². The van der Waals surface area contributed by atoms with E-state index in [0.29, 0.717) is 0 Å². The van der Waals surface area contributed by atoms with Gasteiger partial charge in [0, 0.05) is 19.6 Å². The maximum Gasteiger partial charge on any atom is 0.225 e. The van der Waals surface area contributed by atoms with Gasteiger partial charge in [-0.3, -0.25) is 4.79 Å². The van der Waals surface area contributed by atoms with Gasteiger partial charge in [0.15, 0.2) is 0 Å². The summed E-state index contributed by atoms with van der Waals surface area (Å²) in [5, 5.41) is 6.07. The van der Waals surface area contributed by atoms with Crippen molar-refractivity contribution in [2.24, 2.45) is 5.92 Å². The van der Waals surface area contributed by atoms with Gasteiger partial charge in [-0.1, -0.05) is 29.8 Å². The van der Waals surface area contributed by atoms with E-state index >= 15 is 0 Å². The highest BCUT2D eigenvalue weighted by Gasteiger charge is 2.23. The van der Waals surface area contributed by atoms with Crippen molar-refractivity contribution in [2.75, 3.05) is 19.6 Å². The number of rotatable bonds is 4. The van der Waals surface area contributed by atoms with E-state index in [9.17, 15) is 4.79 Å². The molecule has 3 heteroatoms. The van der Waals surface area contributed by atoms with E-state index in [-0.39, 0.29) is 11.8 Å². The Balaban J connectivity index is 1.73. The van der Waals surface area contributed by atoms with Crippen LogP contribution in [0.3, 0.4) is 0 Å². The van der Waals surface area contributed by atoms with E-state index in [0.717, 1.165) is 26.1 Å². The third-order valence-electron chi connectivity index (χ3n) is 2.95. The van der Waals surface area contributed by atoms with Crippen LogP contribution in [0.25, 0.3) is 0 Å². The molecule has 0 saturated carbocycles. The molecule has 1 fully saturated rings. The molecule has 1 amide bonds. The fourth-order valence-electron chi connectivity index (χ4n) is 1.82. The van der Waals surface area contributed by atoms with Crippen LogP contribution >= 0.6 is 0 Å². The van der Waals surface area contributed by atoms with Crippen molar-refractivity contribution in [3.05, 3.63) is 35.4 Å². The smallest absolute Gasteiger partial charge is 0.225 e. The first kappa shape index (κ1) is 11.1. The van der Waals surface area contributed by atoms with Crippen molar-refractivity contribution >= 4 is 5.91 Å². The SMILES string of the molecule is Cc1cccc(CCNC(=O)C2CNC2)c1. The van der Waals surface area contributed by atoms with Crippen molar-refractivity contribution in [3.8, 4) is 0 Å². The Morgan fingerprint density at radius 3 is 2.94 bits per heavy atom. The molecular weight excluding hydrogens is 200 g/mol. The lowest BCUT2D eigenvalue weighted by atomic mass is 10.0. The van der Waals surface area contributed by atoms with Gasteiger partial charge in [0.2, 0.25) is 5.91 Å². The molecule has 1 aromatic carbocycles. The highest BCUT2D eigenvalue weighted by molar-refractivity contribution is 5.79. The number of benzene rings is 1. The Hall–Kier alpha value is -1.35. The van der Waals surface area contributed by atoms with Crippen LogP contribution < -0.4 is 10.6 Å². The number of nitrogens with one attached hydrogen (secondary N) is 2. The van der Waals surface area contributed by atoms with E-state index in [1.165, 1.54) is 11.1 Å². The second-order valence-electron chi connectivity index (χ2n) is 4.39. The number of hydrogen-bond acceptors (Lipinski definition) is 2. The Morgan fingerprint density at radius 1 is 1.50 bits per heavy atom. The molecular formula is C13H18N2O. The summed E-state index contributed by atoms with van der Waals surface area (Å²) in [6, 6.07) is 8.41. The number of carbonyl (C=O) groups excluding carboxylic acids is 1.